The van der Waals surface area contributed by atoms with Crippen molar-refractivity contribution in [2.24, 2.45) is 0 Å². The summed E-state index contributed by atoms with van der Waals surface area (Å²) in [5, 5.41) is 3.35. The zero-order valence-corrected chi connectivity index (χ0v) is 14.8. The van der Waals surface area contributed by atoms with Crippen molar-refractivity contribution in [3.05, 3.63) is 36.3 Å². The maximum Gasteiger partial charge on any atom is 0.218 e. The third-order valence-electron chi connectivity index (χ3n) is 3.74. The molecular weight excluding hydrogens is 322 g/mol. The fourth-order valence-corrected chi connectivity index (χ4v) is 3.39. The Hall–Kier alpha value is -2.02. The van der Waals surface area contributed by atoms with E-state index in [-0.39, 0.29) is 0 Å². The number of nitrogens with zero attached hydrogens (tertiary/aromatic N) is 4. The van der Waals surface area contributed by atoms with Gasteiger partial charge in [0.2, 0.25) is 5.88 Å². The van der Waals surface area contributed by atoms with Crippen LogP contribution in [0.1, 0.15) is 18.9 Å². The number of aromatic nitrogens is 3. The first-order chi connectivity index (χ1) is 11.9. The van der Waals surface area contributed by atoms with E-state index >= 15 is 0 Å². The SMILES string of the molecule is CCCOc1ncccc1CNc1cc(N2CCSCC2)ncn1. The van der Waals surface area contributed by atoms with Crippen molar-refractivity contribution in [1.29, 1.82) is 0 Å². The number of nitrogens with one attached hydrogen (secondary N) is 1. The highest BCUT2D eigenvalue weighted by Crippen LogP contribution is 2.20. The van der Waals surface area contributed by atoms with Crippen molar-refractivity contribution in [1.82, 2.24) is 15.0 Å². The van der Waals surface area contributed by atoms with Gasteiger partial charge in [-0.2, -0.15) is 11.8 Å². The summed E-state index contributed by atoms with van der Waals surface area (Å²) in [4.78, 5) is 15.4. The Balaban J connectivity index is 1.64. The molecule has 1 aliphatic rings. The highest BCUT2D eigenvalue weighted by molar-refractivity contribution is 7.99. The highest BCUT2D eigenvalue weighted by Gasteiger charge is 2.13. The number of hydrogen-bond acceptors (Lipinski definition) is 7. The Morgan fingerprint density at radius 3 is 2.96 bits per heavy atom. The lowest BCUT2D eigenvalue weighted by Gasteiger charge is -2.27. The van der Waals surface area contributed by atoms with E-state index < -0.39 is 0 Å². The molecule has 3 heterocycles. The van der Waals surface area contributed by atoms with Gasteiger partial charge in [-0.25, -0.2) is 15.0 Å². The molecule has 0 atom stereocenters. The van der Waals surface area contributed by atoms with Gasteiger partial charge in [0, 0.05) is 49.0 Å². The summed E-state index contributed by atoms with van der Waals surface area (Å²) in [7, 11) is 0. The molecule has 1 aliphatic heterocycles. The average Bonchev–Trinajstić information content (AvgIpc) is 2.66. The second kappa shape index (κ2) is 8.73. The minimum atomic E-state index is 0.624. The molecule has 0 bridgehead atoms. The van der Waals surface area contributed by atoms with Crippen molar-refractivity contribution < 1.29 is 4.74 Å². The minimum absolute atomic E-state index is 0.624. The van der Waals surface area contributed by atoms with Crippen LogP contribution < -0.4 is 15.0 Å². The summed E-state index contributed by atoms with van der Waals surface area (Å²) < 4.78 is 5.70. The van der Waals surface area contributed by atoms with Crippen LogP contribution in [-0.2, 0) is 6.54 Å². The number of ether oxygens (including phenoxy) is 1. The van der Waals surface area contributed by atoms with Crippen LogP contribution in [0.25, 0.3) is 0 Å². The van der Waals surface area contributed by atoms with Gasteiger partial charge in [0.05, 0.1) is 6.61 Å². The van der Waals surface area contributed by atoms with E-state index in [0.717, 1.165) is 48.2 Å². The molecule has 0 saturated carbocycles. The van der Waals surface area contributed by atoms with Gasteiger partial charge in [-0.3, -0.25) is 0 Å². The zero-order valence-electron chi connectivity index (χ0n) is 13.9. The maximum atomic E-state index is 5.70. The van der Waals surface area contributed by atoms with Gasteiger partial charge in [-0.15, -0.1) is 0 Å². The van der Waals surface area contributed by atoms with Gasteiger partial charge in [0.1, 0.15) is 18.0 Å². The molecule has 0 amide bonds. The molecule has 2 aromatic rings. The molecule has 6 nitrogen and oxygen atoms in total. The van der Waals surface area contributed by atoms with Gasteiger partial charge in [-0.1, -0.05) is 13.0 Å². The number of thioether (sulfide) groups is 1. The lowest BCUT2D eigenvalue weighted by atomic mass is 10.2. The van der Waals surface area contributed by atoms with E-state index in [0.29, 0.717) is 19.0 Å². The monoisotopic (exact) mass is 345 g/mol. The smallest absolute Gasteiger partial charge is 0.218 e. The summed E-state index contributed by atoms with van der Waals surface area (Å²) in [5.41, 5.74) is 1.03. The zero-order chi connectivity index (χ0) is 16.6. The van der Waals surface area contributed by atoms with E-state index in [2.05, 4.69) is 32.1 Å². The highest BCUT2D eigenvalue weighted by atomic mass is 32.2. The quantitative estimate of drug-likeness (QED) is 0.828. The molecule has 0 unspecified atom stereocenters. The first-order valence-electron chi connectivity index (χ1n) is 8.32. The number of pyridine rings is 1. The van der Waals surface area contributed by atoms with E-state index in [1.807, 2.05) is 30.0 Å². The molecule has 0 spiro atoms. The number of anilines is 2. The standard InChI is InChI=1S/C17H23N5OS/c1-2-8-23-17-14(4-3-5-18-17)12-19-15-11-16(21-13-20-15)22-6-9-24-10-7-22/h3-5,11,13H,2,6-10,12H2,1H3,(H,19,20,21). The number of hydrogen-bond donors (Lipinski definition) is 1. The van der Waals surface area contributed by atoms with Crippen LogP contribution in [0.15, 0.2) is 30.7 Å². The van der Waals surface area contributed by atoms with Crippen LogP contribution in [-0.4, -0.2) is 46.2 Å². The Kier molecular flexibility index (Phi) is 6.12. The molecule has 1 fully saturated rings. The van der Waals surface area contributed by atoms with Crippen LogP contribution in [0.4, 0.5) is 11.6 Å². The summed E-state index contributed by atoms with van der Waals surface area (Å²) in [5.74, 6) is 4.81. The van der Waals surface area contributed by atoms with E-state index in [4.69, 9.17) is 4.74 Å². The summed E-state index contributed by atoms with van der Waals surface area (Å²) in [6, 6.07) is 5.96. The summed E-state index contributed by atoms with van der Waals surface area (Å²) in [6.07, 6.45) is 4.34. The molecule has 1 saturated heterocycles. The molecule has 24 heavy (non-hydrogen) atoms. The van der Waals surface area contributed by atoms with Crippen molar-refractivity contribution in [2.75, 3.05) is 41.4 Å². The van der Waals surface area contributed by atoms with Crippen molar-refractivity contribution in [2.45, 2.75) is 19.9 Å². The molecule has 7 heteroatoms. The largest absolute Gasteiger partial charge is 0.477 e. The molecule has 3 rings (SSSR count). The third kappa shape index (κ3) is 4.50. The first-order valence-corrected chi connectivity index (χ1v) is 9.47. The van der Waals surface area contributed by atoms with Crippen LogP contribution in [0.5, 0.6) is 5.88 Å². The van der Waals surface area contributed by atoms with Crippen molar-refractivity contribution in [3.63, 3.8) is 0 Å². The van der Waals surface area contributed by atoms with Crippen molar-refractivity contribution in [3.8, 4) is 5.88 Å². The second-order valence-electron chi connectivity index (χ2n) is 5.53. The fourth-order valence-electron chi connectivity index (χ4n) is 2.48. The van der Waals surface area contributed by atoms with Crippen LogP contribution in [0.2, 0.25) is 0 Å². The Labute approximate surface area is 147 Å². The van der Waals surface area contributed by atoms with Gasteiger partial charge >= 0.3 is 0 Å². The van der Waals surface area contributed by atoms with Crippen LogP contribution in [0.3, 0.4) is 0 Å². The molecule has 0 aromatic carbocycles. The molecule has 2 aromatic heterocycles. The molecule has 1 N–H and O–H groups in total. The maximum absolute atomic E-state index is 5.70. The van der Waals surface area contributed by atoms with Gasteiger partial charge in [-0.05, 0) is 12.5 Å². The lowest BCUT2D eigenvalue weighted by Crippen LogP contribution is -2.33. The Morgan fingerprint density at radius 2 is 2.12 bits per heavy atom. The molecule has 0 radical (unpaired) electrons. The lowest BCUT2D eigenvalue weighted by molar-refractivity contribution is 0.302. The second-order valence-corrected chi connectivity index (χ2v) is 6.76. The Morgan fingerprint density at radius 1 is 1.25 bits per heavy atom. The Bertz CT molecular complexity index is 648. The first kappa shape index (κ1) is 16.8. The fraction of sp³-hybridized carbons (Fsp3) is 0.471. The van der Waals surface area contributed by atoms with Gasteiger partial charge < -0.3 is 15.0 Å². The van der Waals surface area contributed by atoms with Crippen LogP contribution in [0, 0.1) is 0 Å². The van der Waals surface area contributed by atoms with E-state index in [9.17, 15) is 0 Å². The van der Waals surface area contributed by atoms with Gasteiger partial charge in [0.15, 0.2) is 0 Å². The molecular formula is C17H23N5OS. The van der Waals surface area contributed by atoms with E-state index in [1.54, 1.807) is 12.5 Å². The van der Waals surface area contributed by atoms with E-state index in [1.165, 1.54) is 0 Å². The van der Waals surface area contributed by atoms with Crippen molar-refractivity contribution >= 4 is 23.4 Å². The van der Waals surface area contributed by atoms with Crippen LogP contribution >= 0.6 is 11.8 Å². The predicted molar refractivity (Wildman–Crippen MR) is 98.9 cm³/mol. The average molecular weight is 345 g/mol. The third-order valence-corrected chi connectivity index (χ3v) is 4.68. The summed E-state index contributed by atoms with van der Waals surface area (Å²) in [6.45, 7) is 5.47. The van der Waals surface area contributed by atoms with Gasteiger partial charge in [0.25, 0.3) is 0 Å². The predicted octanol–water partition coefficient (Wildman–Crippen LogP) is 2.83. The topological polar surface area (TPSA) is 63.2 Å². The minimum Gasteiger partial charge on any atom is -0.477 e. The molecule has 0 aliphatic carbocycles. The summed E-state index contributed by atoms with van der Waals surface area (Å²) >= 11 is 1.99. The number of rotatable bonds is 7. The normalized spacial score (nSPS) is 14.5. The molecule has 128 valence electrons.